The van der Waals surface area contributed by atoms with E-state index in [2.05, 4.69) is 17.7 Å². The summed E-state index contributed by atoms with van der Waals surface area (Å²) in [6.45, 7) is 4.71. The van der Waals surface area contributed by atoms with Crippen LogP contribution in [0.1, 0.15) is 19.4 Å². The van der Waals surface area contributed by atoms with E-state index in [0.29, 0.717) is 11.7 Å². The number of hydrogen-bond acceptors (Lipinski definition) is 3. The van der Waals surface area contributed by atoms with Crippen LogP contribution >= 0.6 is 12.2 Å². The van der Waals surface area contributed by atoms with Crippen molar-refractivity contribution in [2.45, 2.75) is 19.5 Å². The van der Waals surface area contributed by atoms with Gasteiger partial charge in [0.1, 0.15) is 11.4 Å². The molecule has 4 nitrogen and oxygen atoms in total. The van der Waals surface area contributed by atoms with Gasteiger partial charge in [0.15, 0.2) is 5.11 Å². The van der Waals surface area contributed by atoms with Crippen LogP contribution in [-0.2, 0) is 5.66 Å². The van der Waals surface area contributed by atoms with E-state index in [1.54, 1.807) is 0 Å². The fourth-order valence-corrected chi connectivity index (χ4v) is 2.15. The fourth-order valence-electron chi connectivity index (χ4n) is 1.90. The highest BCUT2D eigenvalue weighted by atomic mass is 32.1. The molecule has 1 aromatic carbocycles. The van der Waals surface area contributed by atoms with Gasteiger partial charge < -0.3 is 10.1 Å². The minimum absolute atomic E-state index is 0.351. The largest absolute Gasteiger partial charge is 0.494 e. The van der Waals surface area contributed by atoms with Gasteiger partial charge in [0.25, 0.3) is 0 Å². The molecule has 0 aromatic heterocycles. The van der Waals surface area contributed by atoms with Crippen molar-refractivity contribution in [2.24, 2.45) is 0 Å². The number of hydrogen-bond donors (Lipinski definition) is 2. The molecule has 1 atom stereocenters. The second kappa shape index (κ2) is 4.50. The minimum atomic E-state index is -0.351. The molecule has 1 heterocycles. The summed E-state index contributed by atoms with van der Waals surface area (Å²) in [7, 11) is 1.90. The topological polar surface area (TPSA) is 36.5 Å². The van der Waals surface area contributed by atoms with E-state index in [9.17, 15) is 0 Å². The minimum Gasteiger partial charge on any atom is -0.494 e. The molecule has 1 fully saturated rings. The summed E-state index contributed by atoms with van der Waals surface area (Å²) in [5.74, 6) is 0.883. The summed E-state index contributed by atoms with van der Waals surface area (Å²) in [6.07, 6.45) is 0. The number of ether oxygens (including phenoxy) is 1. The number of rotatable bonds is 3. The Bertz CT molecular complexity index is 420. The van der Waals surface area contributed by atoms with Crippen molar-refractivity contribution in [1.29, 1.82) is 0 Å². The van der Waals surface area contributed by atoms with Gasteiger partial charge in [0.2, 0.25) is 0 Å². The number of nitrogens with one attached hydrogen (secondary N) is 2. The Morgan fingerprint density at radius 1 is 1.35 bits per heavy atom. The fraction of sp³-hybridized carbons (Fsp3) is 0.417. The molecule has 0 amide bonds. The van der Waals surface area contributed by atoms with Crippen LogP contribution in [0.3, 0.4) is 0 Å². The lowest BCUT2D eigenvalue weighted by atomic mass is 10.0. The van der Waals surface area contributed by atoms with E-state index >= 15 is 0 Å². The lowest BCUT2D eigenvalue weighted by Gasteiger charge is -2.25. The molecular formula is C12H17N3OS. The highest BCUT2D eigenvalue weighted by Gasteiger charge is 2.35. The SMILES string of the molecule is CCOc1ccc(C2(C)NC(=S)N(C)N2)cc1. The van der Waals surface area contributed by atoms with Crippen LogP contribution in [0.4, 0.5) is 0 Å². The average Bonchev–Trinajstić information content (AvgIpc) is 2.55. The second-order valence-corrected chi connectivity index (χ2v) is 4.57. The maximum absolute atomic E-state index is 5.42. The molecule has 17 heavy (non-hydrogen) atoms. The Balaban J connectivity index is 2.20. The van der Waals surface area contributed by atoms with Crippen LogP contribution in [0.15, 0.2) is 24.3 Å². The number of thiocarbonyl (C=S) groups is 1. The van der Waals surface area contributed by atoms with Gasteiger partial charge in [-0.2, -0.15) is 0 Å². The zero-order valence-corrected chi connectivity index (χ0v) is 11.1. The zero-order chi connectivity index (χ0) is 12.5. The molecule has 1 saturated heterocycles. The predicted molar refractivity (Wildman–Crippen MR) is 71.6 cm³/mol. The summed E-state index contributed by atoms with van der Waals surface area (Å²) in [5.41, 5.74) is 4.06. The van der Waals surface area contributed by atoms with Crippen molar-refractivity contribution in [3.63, 3.8) is 0 Å². The molecular weight excluding hydrogens is 234 g/mol. The van der Waals surface area contributed by atoms with E-state index in [1.165, 1.54) is 0 Å². The van der Waals surface area contributed by atoms with E-state index < -0.39 is 0 Å². The van der Waals surface area contributed by atoms with Gasteiger partial charge in [0, 0.05) is 7.05 Å². The van der Waals surface area contributed by atoms with E-state index in [-0.39, 0.29) is 5.66 Å². The quantitative estimate of drug-likeness (QED) is 0.798. The molecule has 2 N–H and O–H groups in total. The first-order valence-electron chi connectivity index (χ1n) is 5.62. The smallest absolute Gasteiger partial charge is 0.185 e. The molecule has 0 bridgehead atoms. The Hall–Kier alpha value is -1.33. The normalized spacial score (nSPS) is 23.7. The lowest BCUT2D eigenvalue weighted by molar-refractivity contribution is 0.266. The summed E-state index contributed by atoms with van der Waals surface area (Å²) in [6, 6.07) is 8.00. The van der Waals surface area contributed by atoms with Crippen LogP contribution in [0, 0.1) is 0 Å². The summed E-state index contributed by atoms with van der Waals surface area (Å²) >= 11 is 5.19. The Morgan fingerprint density at radius 2 is 2.00 bits per heavy atom. The van der Waals surface area contributed by atoms with E-state index in [1.807, 2.05) is 43.2 Å². The second-order valence-electron chi connectivity index (χ2n) is 4.18. The molecule has 0 saturated carbocycles. The molecule has 0 radical (unpaired) electrons. The maximum atomic E-state index is 5.42. The van der Waals surface area contributed by atoms with Gasteiger partial charge in [-0.1, -0.05) is 12.1 Å². The monoisotopic (exact) mass is 251 g/mol. The number of hydrazine groups is 1. The molecule has 0 spiro atoms. The highest BCUT2D eigenvalue weighted by molar-refractivity contribution is 7.80. The molecule has 92 valence electrons. The maximum Gasteiger partial charge on any atom is 0.185 e. The average molecular weight is 251 g/mol. The summed E-state index contributed by atoms with van der Waals surface area (Å²) < 4.78 is 5.42. The highest BCUT2D eigenvalue weighted by Crippen LogP contribution is 2.24. The Labute approximate surface area is 107 Å². The van der Waals surface area contributed by atoms with Crippen molar-refractivity contribution < 1.29 is 4.74 Å². The third-order valence-corrected chi connectivity index (χ3v) is 3.17. The standard InChI is InChI=1S/C12H17N3OS/c1-4-16-10-7-5-9(6-8-10)12(2)13-11(17)15(3)14-12/h5-8,14H,4H2,1-3H3,(H,13,17). The van der Waals surface area contributed by atoms with Crippen molar-refractivity contribution >= 4 is 17.3 Å². The first-order valence-corrected chi connectivity index (χ1v) is 6.03. The van der Waals surface area contributed by atoms with Gasteiger partial charge >= 0.3 is 0 Å². The van der Waals surface area contributed by atoms with Gasteiger partial charge in [-0.25, -0.2) is 5.43 Å². The first-order chi connectivity index (χ1) is 8.05. The van der Waals surface area contributed by atoms with Gasteiger partial charge in [-0.3, -0.25) is 5.01 Å². The van der Waals surface area contributed by atoms with Crippen LogP contribution in [0.2, 0.25) is 0 Å². The molecule has 1 unspecified atom stereocenters. The van der Waals surface area contributed by atoms with Gasteiger partial charge in [0.05, 0.1) is 6.61 Å². The van der Waals surface area contributed by atoms with Crippen molar-refractivity contribution in [3.8, 4) is 5.75 Å². The number of benzene rings is 1. The van der Waals surface area contributed by atoms with Crippen molar-refractivity contribution in [3.05, 3.63) is 29.8 Å². The van der Waals surface area contributed by atoms with Gasteiger partial charge in [-0.05, 0) is 43.8 Å². The van der Waals surface area contributed by atoms with E-state index in [4.69, 9.17) is 17.0 Å². The van der Waals surface area contributed by atoms with Crippen molar-refractivity contribution in [1.82, 2.24) is 15.8 Å². The molecule has 1 aromatic rings. The molecule has 1 aliphatic heterocycles. The Morgan fingerprint density at radius 3 is 2.47 bits per heavy atom. The third-order valence-electron chi connectivity index (χ3n) is 2.80. The van der Waals surface area contributed by atoms with E-state index in [0.717, 1.165) is 11.3 Å². The molecule has 0 aliphatic carbocycles. The first kappa shape index (κ1) is 12.1. The van der Waals surface area contributed by atoms with Crippen molar-refractivity contribution in [2.75, 3.05) is 13.7 Å². The lowest BCUT2D eigenvalue weighted by Crippen LogP contribution is -2.44. The Kier molecular flexibility index (Phi) is 3.22. The summed E-state index contributed by atoms with van der Waals surface area (Å²) in [5, 5.41) is 5.76. The molecule has 5 heteroatoms. The third kappa shape index (κ3) is 2.35. The molecule has 2 rings (SSSR count). The van der Waals surface area contributed by atoms with Gasteiger partial charge in [-0.15, -0.1) is 0 Å². The number of nitrogens with zero attached hydrogens (tertiary/aromatic N) is 1. The predicted octanol–water partition coefficient (Wildman–Crippen LogP) is 1.58. The molecule has 1 aliphatic rings. The summed E-state index contributed by atoms with van der Waals surface area (Å²) in [4.78, 5) is 0. The van der Waals surface area contributed by atoms with Crippen LogP contribution in [-0.4, -0.2) is 23.8 Å². The van der Waals surface area contributed by atoms with Crippen LogP contribution < -0.4 is 15.5 Å². The zero-order valence-electron chi connectivity index (χ0n) is 10.3. The van der Waals surface area contributed by atoms with Crippen LogP contribution in [0.5, 0.6) is 5.75 Å². The van der Waals surface area contributed by atoms with Crippen LogP contribution in [0.25, 0.3) is 0 Å².